The van der Waals surface area contributed by atoms with Gasteiger partial charge in [-0.1, -0.05) is 43.4 Å². The fourth-order valence-corrected chi connectivity index (χ4v) is 2.77. The minimum atomic E-state index is 0.409. The van der Waals surface area contributed by atoms with Gasteiger partial charge in [0.2, 0.25) is 0 Å². The van der Waals surface area contributed by atoms with Gasteiger partial charge in [0.1, 0.15) is 0 Å². The molecule has 3 N–H and O–H groups in total. The van der Waals surface area contributed by atoms with E-state index < -0.39 is 0 Å². The zero-order valence-corrected chi connectivity index (χ0v) is 11.2. The number of allylic oxidation sites excluding steroid dienone is 7. The molecule has 1 aliphatic heterocycles. The van der Waals surface area contributed by atoms with Crippen LogP contribution >= 0.6 is 0 Å². The molecule has 0 bridgehead atoms. The highest BCUT2D eigenvalue weighted by Gasteiger charge is 2.25. The Morgan fingerprint density at radius 3 is 3.00 bits per heavy atom. The zero-order chi connectivity index (χ0) is 13.1. The fraction of sp³-hybridized carbons (Fsp3) is 0.400. The van der Waals surface area contributed by atoms with Crippen LogP contribution in [0.3, 0.4) is 0 Å². The monoisotopic (exact) mass is 256 g/mol. The Balaban J connectivity index is 1.80. The highest BCUT2D eigenvalue weighted by atomic mass is 15.8. The molecule has 0 spiro atoms. The van der Waals surface area contributed by atoms with Crippen LogP contribution in [0.15, 0.2) is 52.7 Å². The van der Waals surface area contributed by atoms with E-state index in [1.54, 1.807) is 0 Å². The van der Waals surface area contributed by atoms with Crippen LogP contribution in [0, 0.1) is 11.8 Å². The summed E-state index contributed by atoms with van der Waals surface area (Å²) in [4.78, 5) is 0. The van der Waals surface area contributed by atoms with Crippen molar-refractivity contribution in [1.29, 1.82) is 0 Å². The highest BCUT2D eigenvalue weighted by molar-refractivity contribution is 6.00. The predicted octanol–water partition coefficient (Wildman–Crippen LogP) is 2.33. The van der Waals surface area contributed by atoms with Gasteiger partial charge in [0, 0.05) is 11.5 Å². The van der Waals surface area contributed by atoms with E-state index in [9.17, 15) is 0 Å². The average molecular weight is 256 g/mol. The van der Waals surface area contributed by atoms with Gasteiger partial charge in [0.15, 0.2) is 5.84 Å². The third kappa shape index (κ3) is 2.49. The Morgan fingerprint density at radius 1 is 1.37 bits per heavy atom. The van der Waals surface area contributed by atoms with Crippen LogP contribution in [-0.4, -0.2) is 5.84 Å². The molecule has 0 aromatic carbocycles. The van der Waals surface area contributed by atoms with Crippen molar-refractivity contribution >= 4 is 5.84 Å². The molecule has 19 heavy (non-hydrogen) atoms. The summed E-state index contributed by atoms with van der Waals surface area (Å²) < 4.78 is 0. The lowest BCUT2D eigenvalue weighted by Crippen LogP contribution is -2.37. The molecule has 0 amide bonds. The first kappa shape index (κ1) is 12.2. The maximum absolute atomic E-state index is 4.23. The quantitative estimate of drug-likeness (QED) is 0.726. The van der Waals surface area contributed by atoms with E-state index in [0.29, 0.717) is 11.8 Å². The number of rotatable bonds is 3. The Hall–Kier alpha value is -1.81. The van der Waals surface area contributed by atoms with Crippen molar-refractivity contribution in [3.8, 4) is 0 Å². The molecular formula is C15H20N4. The van der Waals surface area contributed by atoms with Crippen LogP contribution in [-0.2, 0) is 0 Å². The number of hydrogen-bond acceptors (Lipinski definition) is 4. The van der Waals surface area contributed by atoms with E-state index in [1.165, 1.54) is 17.6 Å². The van der Waals surface area contributed by atoms with E-state index in [1.807, 2.05) is 0 Å². The second-order valence-electron chi connectivity index (χ2n) is 5.13. The maximum atomic E-state index is 4.23. The van der Waals surface area contributed by atoms with Crippen LogP contribution in [0.1, 0.15) is 26.2 Å². The van der Waals surface area contributed by atoms with E-state index >= 15 is 0 Å². The van der Waals surface area contributed by atoms with Crippen molar-refractivity contribution in [2.45, 2.75) is 26.2 Å². The summed E-state index contributed by atoms with van der Waals surface area (Å²) in [5.74, 6) is 2.01. The lowest BCUT2D eigenvalue weighted by Gasteiger charge is -2.25. The topological polar surface area (TPSA) is 48.5 Å². The summed E-state index contributed by atoms with van der Waals surface area (Å²) in [6, 6.07) is 0. The van der Waals surface area contributed by atoms with Crippen LogP contribution in [0.5, 0.6) is 0 Å². The smallest absolute Gasteiger partial charge is 0.166 e. The number of nitrogens with zero attached hydrogens (tertiary/aromatic N) is 1. The summed E-state index contributed by atoms with van der Waals surface area (Å²) in [5.41, 5.74) is 11.2. The molecular weight excluding hydrogens is 236 g/mol. The third-order valence-electron chi connectivity index (χ3n) is 3.98. The van der Waals surface area contributed by atoms with Crippen LogP contribution in [0.4, 0.5) is 0 Å². The van der Waals surface area contributed by atoms with Crippen molar-refractivity contribution < 1.29 is 0 Å². The molecule has 0 saturated heterocycles. The first-order valence-corrected chi connectivity index (χ1v) is 6.97. The summed E-state index contributed by atoms with van der Waals surface area (Å²) in [5, 5.41) is 4.23. The van der Waals surface area contributed by atoms with E-state index in [4.69, 9.17) is 0 Å². The lowest BCUT2D eigenvalue weighted by atomic mass is 9.80. The third-order valence-corrected chi connectivity index (χ3v) is 3.98. The van der Waals surface area contributed by atoms with E-state index in [0.717, 1.165) is 18.7 Å². The molecule has 4 nitrogen and oxygen atoms in total. The number of hydrogen-bond donors (Lipinski definition) is 3. The Bertz CT molecular complexity index is 496. The van der Waals surface area contributed by atoms with E-state index in [-0.39, 0.29) is 0 Å². The minimum Gasteiger partial charge on any atom is -0.285 e. The summed E-state index contributed by atoms with van der Waals surface area (Å²) in [7, 11) is 0. The Labute approximate surface area is 114 Å². The zero-order valence-electron chi connectivity index (χ0n) is 11.2. The molecule has 2 atom stereocenters. The molecule has 0 radical (unpaired) electrons. The lowest BCUT2D eigenvalue weighted by molar-refractivity contribution is 0.576. The highest BCUT2D eigenvalue weighted by Crippen LogP contribution is 2.33. The summed E-state index contributed by atoms with van der Waals surface area (Å²) >= 11 is 0. The van der Waals surface area contributed by atoms with Crippen molar-refractivity contribution in [2.24, 2.45) is 16.9 Å². The van der Waals surface area contributed by atoms with Gasteiger partial charge in [-0.2, -0.15) is 0 Å². The minimum absolute atomic E-state index is 0.409. The molecule has 0 fully saturated rings. The average Bonchev–Trinajstić information content (AvgIpc) is 3.01. The molecule has 0 saturated carbocycles. The predicted molar refractivity (Wildman–Crippen MR) is 77.8 cm³/mol. The SMILES string of the molecule is CCC1C=CC(C2CC=CC=C2C2=NNNN2)=CC1. The molecule has 3 rings (SSSR count). The summed E-state index contributed by atoms with van der Waals surface area (Å²) in [6.07, 6.45) is 16.9. The van der Waals surface area contributed by atoms with Gasteiger partial charge in [-0.25, -0.2) is 5.53 Å². The van der Waals surface area contributed by atoms with E-state index in [2.05, 4.69) is 65.0 Å². The molecule has 2 unspecified atom stereocenters. The number of nitrogens with one attached hydrogen (secondary N) is 3. The van der Waals surface area contributed by atoms with Crippen molar-refractivity contribution in [3.63, 3.8) is 0 Å². The van der Waals surface area contributed by atoms with Crippen molar-refractivity contribution in [1.82, 2.24) is 16.5 Å². The standard InChI is InChI=1S/C15H20N4/c1-2-11-7-9-12(10-8-11)13-5-3-4-6-14(13)15-16-18-19-17-15/h3-4,6-7,9-11,13,18-19H,2,5,8H2,1H3,(H,16,17). The number of hydrazone groups is 1. The van der Waals surface area contributed by atoms with Gasteiger partial charge in [0.25, 0.3) is 0 Å². The van der Waals surface area contributed by atoms with Gasteiger partial charge >= 0.3 is 0 Å². The molecule has 0 aromatic heterocycles. The Morgan fingerprint density at radius 2 is 2.32 bits per heavy atom. The van der Waals surface area contributed by atoms with Gasteiger partial charge in [-0.05, 0) is 30.8 Å². The van der Waals surface area contributed by atoms with Gasteiger partial charge < -0.3 is 0 Å². The largest absolute Gasteiger partial charge is 0.285 e. The van der Waals surface area contributed by atoms with Crippen LogP contribution in [0.25, 0.3) is 0 Å². The fourth-order valence-electron chi connectivity index (χ4n) is 2.77. The molecule has 3 aliphatic rings. The molecule has 1 heterocycles. The molecule has 2 aliphatic carbocycles. The first-order valence-electron chi connectivity index (χ1n) is 6.97. The van der Waals surface area contributed by atoms with Crippen LogP contribution < -0.4 is 16.5 Å². The van der Waals surface area contributed by atoms with Crippen LogP contribution in [0.2, 0.25) is 0 Å². The van der Waals surface area contributed by atoms with Crippen molar-refractivity contribution in [3.05, 3.63) is 47.6 Å². The molecule has 4 heteroatoms. The summed E-state index contributed by atoms with van der Waals surface area (Å²) in [6.45, 7) is 2.25. The molecule has 100 valence electrons. The normalized spacial score (nSPS) is 29.2. The second-order valence-corrected chi connectivity index (χ2v) is 5.13. The Kier molecular flexibility index (Phi) is 3.51. The van der Waals surface area contributed by atoms with Crippen molar-refractivity contribution in [2.75, 3.05) is 0 Å². The maximum Gasteiger partial charge on any atom is 0.166 e. The second kappa shape index (κ2) is 5.45. The number of amidine groups is 1. The molecule has 0 aromatic rings. The van der Waals surface area contributed by atoms with Gasteiger partial charge in [0.05, 0.1) is 0 Å². The van der Waals surface area contributed by atoms with Gasteiger partial charge in [-0.3, -0.25) is 5.43 Å². The van der Waals surface area contributed by atoms with Gasteiger partial charge in [-0.15, -0.1) is 10.6 Å². The first-order chi connectivity index (χ1) is 9.38. The number of hydrazine groups is 2.